The molecule has 0 fully saturated rings. The number of pyridine rings is 1. The summed E-state index contributed by atoms with van der Waals surface area (Å²) in [5.74, 6) is -7.16. The summed E-state index contributed by atoms with van der Waals surface area (Å²) in [6.45, 7) is -0.716. The number of fused-ring (bicyclic) bond motifs is 1. The third kappa shape index (κ3) is 2.49. The highest BCUT2D eigenvalue weighted by Gasteiger charge is 2.37. The minimum absolute atomic E-state index is 0.0503. The van der Waals surface area contributed by atoms with Crippen LogP contribution in [0.15, 0.2) is 30.5 Å². The van der Waals surface area contributed by atoms with Gasteiger partial charge in [-0.2, -0.15) is 0 Å². The van der Waals surface area contributed by atoms with E-state index in [0.29, 0.717) is 11.0 Å². The van der Waals surface area contributed by atoms with Crippen LogP contribution in [0.3, 0.4) is 0 Å². The second-order valence-corrected chi connectivity index (χ2v) is 4.87. The van der Waals surface area contributed by atoms with Crippen molar-refractivity contribution < 1.29 is 27.6 Å². The number of benzene rings is 1. The molecule has 0 saturated heterocycles. The second kappa shape index (κ2) is 5.76. The van der Waals surface area contributed by atoms with E-state index in [-0.39, 0.29) is 11.3 Å². The second-order valence-electron chi connectivity index (χ2n) is 4.87. The van der Waals surface area contributed by atoms with Crippen LogP contribution in [0.2, 0.25) is 0 Å². The topological polar surface area (TPSA) is 79.4 Å². The number of carbonyl (C=O) groups is 3. The molecule has 1 aromatic heterocycles. The summed E-state index contributed by atoms with van der Waals surface area (Å²) in [5, 5.41) is 1.99. The number of nitrogens with zero attached hydrogens (tertiary/aromatic N) is 2. The highest BCUT2D eigenvalue weighted by molar-refractivity contribution is 6.21. The summed E-state index contributed by atoms with van der Waals surface area (Å²) in [5.41, 5.74) is -0.641. The van der Waals surface area contributed by atoms with Crippen LogP contribution in [0.25, 0.3) is 0 Å². The Labute approximate surface area is 132 Å². The van der Waals surface area contributed by atoms with Crippen LogP contribution in [-0.2, 0) is 4.79 Å². The lowest BCUT2D eigenvalue weighted by atomic mass is 10.2. The average molecular weight is 335 g/mol. The first-order valence-corrected chi connectivity index (χ1v) is 6.64. The normalized spacial score (nSPS) is 13.2. The Bertz CT molecular complexity index is 851. The lowest BCUT2D eigenvalue weighted by Crippen LogP contribution is -2.37. The van der Waals surface area contributed by atoms with Crippen molar-refractivity contribution >= 4 is 23.4 Å². The Hall–Kier alpha value is -3.23. The van der Waals surface area contributed by atoms with Gasteiger partial charge in [-0.25, -0.2) is 13.2 Å². The summed E-state index contributed by atoms with van der Waals surface area (Å²) in [7, 11) is 0. The van der Waals surface area contributed by atoms with Crippen molar-refractivity contribution in [2.75, 3.05) is 11.9 Å². The fraction of sp³-hybridized carbons (Fsp3) is 0.0667. The number of halogens is 3. The first-order valence-electron chi connectivity index (χ1n) is 6.64. The minimum Gasteiger partial charge on any atom is -0.322 e. The van der Waals surface area contributed by atoms with E-state index < -0.39 is 47.4 Å². The Kier molecular flexibility index (Phi) is 3.76. The van der Waals surface area contributed by atoms with E-state index in [1.54, 1.807) is 0 Å². The van der Waals surface area contributed by atoms with E-state index in [0.717, 1.165) is 6.07 Å². The lowest BCUT2D eigenvalue weighted by Gasteiger charge is -2.13. The summed E-state index contributed by atoms with van der Waals surface area (Å²) in [6, 6.07) is 4.31. The molecule has 0 saturated carbocycles. The quantitative estimate of drug-likeness (QED) is 0.684. The van der Waals surface area contributed by atoms with Crippen molar-refractivity contribution in [3.63, 3.8) is 0 Å². The molecule has 6 nitrogen and oxygen atoms in total. The van der Waals surface area contributed by atoms with Gasteiger partial charge >= 0.3 is 0 Å². The van der Waals surface area contributed by atoms with E-state index in [9.17, 15) is 27.6 Å². The third-order valence-electron chi connectivity index (χ3n) is 3.34. The Morgan fingerprint density at radius 2 is 1.83 bits per heavy atom. The van der Waals surface area contributed by atoms with Gasteiger partial charge in [-0.15, -0.1) is 0 Å². The molecule has 1 aromatic carbocycles. The van der Waals surface area contributed by atoms with Crippen molar-refractivity contribution in [1.29, 1.82) is 0 Å². The van der Waals surface area contributed by atoms with Crippen molar-refractivity contribution in [2.24, 2.45) is 0 Å². The molecule has 0 unspecified atom stereocenters. The molecule has 122 valence electrons. The fourth-order valence-electron chi connectivity index (χ4n) is 2.21. The number of nitrogens with one attached hydrogen (secondary N) is 1. The largest absolute Gasteiger partial charge is 0.322 e. The van der Waals surface area contributed by atoms with E-state index in [4.69, 9.17) is 0 Å². The molecule has 0 bridgehead atoms. The van der Waals surface area contributed by atoms with Crippen LogP contribution in [0.4, 0.5) is 18.9 Å². The Morgan fingerprint density at radius 3 is 2.54 bits per heavy atom. The zero-order chi connectivity index (χ0) is 17.4. The number of hydrogen-bond acceptors (Lipinski definition) is 4. The third-order valence-corrected chi connectivity index (χ3v) is 3.34. The maximum absolute atomic E-state index is 13.5. The maximum Gasteiger partial charge on any atom is 0.280 e. The van der Waals surface area contributed by atoms with Gasteiger partial charge in [0.25, 0.3) is 11.8 Å². The Balaban J connectivity index is 1.76. The molecular formula is C15H8F3N3O3. The molecule has 24 heavy (non-hydrogen) atoms. The van der Waals surface area contributed by atoms with E-state index in [1.165, 1.54) is 18.3 Å². The number of amides is 3. The van der Waals surface area contributed by atoms with Crippen LogP contribution < -0.4 is 5.32 Å². The zero-order valence-electron chi connectivity index (χ0n) is 11.8. The number of aromatic nitrogens is 1. The SMILES string of the molecule is O=C(CN1C(=O)c2cccnc2C1=O)Nc1ccc(F)c(F)c1F. The minimum atomic E-state index is -1.74. The molecule has 2 heterocycles. The number of rotatable bonds is 3. The molecule has 0 radical (unpaired) electrons. The van der Waals surface area contributed by atoms with Gasteiger partial charge in [-0.1, -0.05) is 0 Å². The van der Waals surface area contributed by atoms with Crippen molar-refractivity contribution in [3.8, 4) is 0 Å². The van der Waals surface area contributed by atoms with Gasteiger partial charge in [-0.05, 0) is 24.3 Å². The number of hydrogen-bond donors (Lipinski definition) is 1. The summed E-state index contributed by atoms with van der Waals surface area (Å²) in [4.78, 5) is 40.4. The highest BCUT2D eigenvalue weighted by Crippen LogP contribution is 2.22. The predicted octanol–water partition coefficient (Wildman–Crippen LogP) is 1.73. The number of anilines is 1. The van der Waals surface area contributed by atoms with Gasteiger partial charge in [0.05, 0.1) is 11.3 Å². The lowest BCUT2D eigenvalue weighted by molar-refractivity contribution is -0.116. The van der Waals surface area contributed by atoms with Gasteiger partial charge < -0.3 is 5.32 Å². The summed E-state index contributed by atoms with van der Waals surface area (Å²) >= 11 is 0. The zero-order valence-corrected chi connectivity index (χ0v) is 11.8. The molecule has 0 atom stereocenters. The molecule has 0 spiro atoms. The maximum atomic E-state index is 13.5. The molecule has 1 N–H and O–H groups in total. The van der Waals surface area contributed by atoms with Gasteiger partial charge in [0.1, 0.15) is 12.2 Å². The van der Waals surface area contributed by atoms with Crippen LogP contribution in [0, 0.1) is 17.5 Å². The smallest absolute Gasteiger partial charge is 0.280 e. The first kappa shape index (κ1) is 15.7. The average Bonchev–Trinajstić information content (AvgIpc) is 2.81. The van der Waals surface area contributed by atoms with E-state index >= 15 is 0 Å². The molecule has 1 aliphatic rings. The van der Waals surface area contributed by atoms with Gasteiger partial charge in [0.15, 0.2) is 17.5 Å². The fourth-order valence-corrected chi connectivity index (χ4v) is 2.21. The number of carbonyl (C=O) groups excluding carboxylic acids is 3. The Morgan fingerprint density at radius 1 is 1.08 bits per heavy atom. The van der Waals surface area contributed by atoms with Crippen LogP contribution >= 0.6 is 0 Å². The van der Waals surface area contributed by atoms with Crippen molar-refractivity contribution in [1.82, 2.24) is 9.88 Å². The first-order chi connectivity index (χ1) is 11.4. The summed E-state index contributed by atoms with van der Waals surface area (Å²) in [6.07, 6.45) is 1.32. The molecule has 1 aliphatic heterocycles. The van der Waals surface area contributed by atoms with Gasteiger partial charge in [0.2, 0.25) is 5.91 Å². The van der Waals surface area contributed by atoms with Gasteiger partial charge in [-0.3, -0.25) is 24.3 Å². The van der Waals surface area contributed by atoms with Crippen molar-refractivity contribution in [3.05, 3.63) is 59.2 Å². The molecule has 2 aromatic rings. The van der Waals surface area contributed by atoms with Gasteiger partial charge in [0, 0.05) is 6.20 Å². The molecule has 3 amide bonds. The van der Waals surface area contributed by atoms with Crippen molar-refractivity contribution in [2.45, 2.75) is 0 Å². The van der Waals surface area contributed by atoms with Crippen LogP contribution in [0.1, 0.15) is 20.8 Å². The standard InChI is InChI=1S/C15H8F3N3O3/c16-8-3-4-9(12(18)11(8)17)20-10(22)6-21-14(23)7-2-1-5-19-13(7)15(21)24/h1-5H,6H2,(H,20,22). The monoisotopic (exact) mass is 335 g/mol. The van der Waals surface area contributed by atoms with E-state index in [2.05, 4.69) is 4.98 Å². The summed E-state index contributed by atoms with van der Waals surface area (Å²) < 4.78 is 39.5. The van der Waals surface area contributed by atoms with E-state index in [1.807, 2.05) is 5.32 Å². The van der Waals surface area contributed by atoms with Crippen LogP contribution in [0.5, 0.6) is 0 Å². The highest BCUT2D eigenvalue weighted by atomic mass is 19.2. The number of imide groups is 1. The molecule has 9 heteroatoms. The molecule has 3 rings (SSSR count). The predicted molar refractivity (Wildman–Crippen MR) is 74.5 cm³/mol. The molecular weight excluding hydrogens is 327 g/mol. The van der Waals surface area contributed by atoms with Crippen LogP contribution in [-0.4, -0.2) is 34.2 Å². The molecule has 0 aliphatic carbocycles.